The summed E-state index contributed by atoms with van der Waals surface area (Å²) < 4.78 is 16.8. The Hall–Kier alpha value is -2.89. The standard InChI is InChI=1S/C58H102O6/c1-4-7-10-13-16-19-21-23-25-27-29-31-32-34-36-39-42-45-48-51-57(60)63-54-55(53-62-56(59)50-47-44-41-38-18-15-12-9-6-3)64-58(61)52-49-46-43-40-37-35-33-30-28-26-24-22-20-17-14-11-8-5-2/h7,10,16,19,23,25,29,31,38,41,55H,4-6,8-9,11-15,17-18,20-22,24,26-28,30,32-37,39-40,42-54H2,1-3H3/b10-7-,19-16-,25-23-,31-29-,41-38-. The van der Waals surface area contributed by atoms with Crippen molar-refractivity contribution < 1.29 is 28.6 Å². The number of carbonyl (C=O) groups excluding carboxylic acids is 3. The third-order valence-corrected chi connectivity index (χ3v) is 11.8. The van der Waals surface area contributed by atoms with Gasteiger partial charge in [-0.15, -0.1) is 0 Å². The molecule has 0 aliphatic heterocycles. The maximum absolute atomic E-state index is 12.8. The van der Waals surface area contributed by atoms with Gasteiger partial charge in [0.05, 0.1) is 0 Å². The molecule has 64 heavy (non-hydrogen) atoms. The topological polar surface area (TPSA) is 78.9 Å². The SMILES string of the molecule is CC/C=C\C/C=C\C/C=C\C/C=C\CCCCCCCCC(=O)OCC(COC(=O)CCC/C=C\CCCCCC)OC(=O)CCCCCCCCCCCCCCCCCCCC. The van der Waals surface area contributed by atoms with Gasteiger partial charge >= 0.3 is 17.9 Å². The van der Waals surface area contributed by atoms with Crippen LogP contribution in [0.2, 0.25) is 0 Å². The van der Waals surface area contributed by atoms with Crippen molar-refractivity contribution in [1.82, 2.24) is 0 Å². The number of carbonyl (C=O) groups is 3. The lowest BCUT2D eigenvalue weighted by atomic mass is 10.0. The maximum atomic E-state index is 12.8. The Morgan fingerprint density at radius 3 is 1.05 bits per heavy atom. The third-order valence-electron chi connectivity index (χ3n) is 11.8. The summed E-state index contributed by atoms with van der Waals surface area (Å²) in [5.74, 6) is -0.929. The quantitative estimate of drug-likeness (QED) is 0.0262. The molecule has 0 aromatic rings. The van der Waals surface area contributed by atoms with Crippen molar-refractivity contribution in [2.75, 3.05) is 13.2 Å². The number of hydrogen-bond acceptors (Lipinski definition) is 6. The lowest BCUT2D eigenvalue weighted by Gasteiger charge is -2.18. The van der Waals surface area contributed by atoms with E-state index in [1.807, 2.05) is 0 Å². The van der Waals surface area contributed by atoms with Gasteiger partial charge in [0.15, 0.2) is 6.10 Å². The molecule has 0 amide bonds. The molecule has 0 rings (SSSR count). The van der Waals surface area contributed by atoms with Gasteiger partial charge in [-0.25, -0.2) is 0 Å². The van der Waals surface area contributed by atoms with Crippen molar-refractivity contribution in [2.24, 2.45) is 0 Å². The lowest BCUT2D eigenvalue weighted by molar-refractivity contribution is -0.167. The van der Waals surface area contributed by atoms with Gasteiger partial charge in [-0.1, -0.05) is 236 Å². The zero-order valence-electron chi connectivity index (χ0n) is 42.3. The van der Waals surface area contributed by atoms with Gasteiger partial charge in [0.1, 0.15) is 13.2 Å². The smallest absolute Gasteiger partial charge is 0.306 e. The van der Waals surface area contributed by atoms with Crippen molar-refractivity contribution in [3.8, 4) is 0 Å². The van der Waals surface area contributed by atoms with Gasteiger partial charge in [0.2, 0.25) is 0 Å². The fourth-order valence-electron chi connectivity index (χ4n) is 7.67. The lowest BCUT2D eigenvalue weighted by Crippen LogP contribution is -2.30. The zero-order chi connectivity index (χ0) is 46.5. The molecular weight excluding hydrogens is 793 g/mol. The Morgan fingerprint density at radius 1 is 0.328 bits per heavy atom. The summed E-state index contributed by atoms with van der Waals surface area (Å²) >= 11 is 0. The highest BCUT2D eigenvalue weighted by molar-refractivity contribution is 5.71. The molecule has 0 spiro atoms. The Kier molecular flexibility index (Phi) is 50.4. The molecule has 0 aliphatic rings. The average molecular weight is 895 g/mol. The molecule has 0 saturated carbocycles. The first kappa shape index (κ1) is 61.1. The van der Waals surface area contributed by atoms with Crippen molar-refractivity contribution in [3.05, 3.63) is 60.8 Å². The zero-order valence-corrected chi connectivity index (χ0v) is 42.3. The van der Waals surface area contributed by atoms with E-state index in [1.165, 1.54) is 141 Å². The molecule has 0 aliphatic carbocycles. The van der Waals surface area contributed by atoms with Gasteiger partial charge in [-0.3, -0.25) is 14.4 Å². The number of esters is 3. The molecule has 6 nitrogen and oxygen atoms in total. The van der Waals surface area contributed by atoms with Gasteiger partial charge in [0, 0.05) is 19.3 Å². The molecule has 0 fully saturated rings. The van der Waals surface area contributed by atoms with Crippen LogP contribution >= 0.6 is 0 Å². The molecule has 1 atom stereocenters. The Bertz CT molecular complexity index is 1170. The van der Waals surface area contributed by atoms with Gasteiger partial charge in [-0.2, -0.15) is 0 Å². The summed E-state index contributed by atoms with van der Waals surface area (Å²) in [6.45, 7) is 6.48. The number of rotatable bonds is 49. The van der Waals surface area contributed by atoms with E-state index < -0.39 is 6.10 Å². The summed E-state index contributed by atoms with van der Waals surface area (Å²) in [5, 5.41) is 0. The molecule has 0 heterocycles. The largest absolute Gasteiger partial charge is 0.462 e. The summed E-state index contributed by atoms with van der Waals surface area (Å²) in [6.07, 6.45) is 65.1. The van der Waals surface area contributed by atoms with E-state index in [9.17, 15) is 14.4 Å². The fraction of sp³-hybridized carbons (Fsp3) is 0.776. The average Bonchev–Trinajstić information content (AvgIpc) is 3.29. The number of ether oxygens (including phenoxy) is 3. The Balaban J connectivity index is 4.31. The van der Waals surface area contributed by atoms with Crippen LogP contribution in [-0.2, 0) is 28.6 Å². The van der Waals surface area contributed by atoms with Crippen LogP contribution in [0, 0.1) is 0 Å². The predicted molar refractivity (Wildman–Crippen MR) is 275 cm³/mol. The van der Waals surface area contributed by atoms with E-state index in [2.05, 4.69) is 81.5 Å². The molecule has 0 bridgehead atoms. The summed E-state index contributed by atoms with van der Waals surface area (Å²) in [5.41, 5.74) is 0. The van der Waals surface area contributed by atoms with Gasteiger partial charge in [0.25, 0.3) is 0 Å². The second-order valence-electron chi connectivity index (χ2n) is 18.1. The molecule has 0 aromatic heterocycles. The van der Waals surface area contributed by atoms with Crippen LogP contribution in [0.5, 0.6) is 0 Å². The predicted octanol–water partition coefficient (Wildman–Crippen LogP) is 18.0. The number of unbranched alkanes of at least 4 members (excludes halogenated alkanes) is 28. The molecule has 0 aromatic carbocycles. The normalized spacial score (nSPS) is 12.5. The Labute approximate surface area is 396 Å². The first-order valence-corrected chi connectivity index (χ1v) is 27.3. The monoisotopic (exact) mass is 895 g/mol. The number of hydrogen-bond donors (Lipinski definition) is 0. The molecular formula is C58H102O6. The van der Waals surface area contributed by atoms with Gasteiger partial charge < -0.3 is 14.2 Å². The minimum atomic E-state index is -0.788. The van der Waals surface area contributed by atoms with Crippen molar-refractivity contribution >= 4 is 17.9 Å². The maximum Gasteiger partial charge on any atom is 0.306 e. The van der Waals surface area contributed by atoms with Crippen LogP contribution in [0.4, 0.5) is 0 Å². The van der Waals surface area contributed by atoms with E-state index in [4.69, 9.17) is 14.2 Å². The van der Waals surface area contributed by atoms with Gasteiger partial charge in [-0.05, 0) is 77.0 Å². The highest BCUT2D eigenvalue weighted by Gasteiger charge is 2.19. The van der Waals surface area contributed by atoms with Crippen LogP contribution in [0.1, 0.15) is 271 Å². The summed E-state index contributed by atoms with van der Waals surface area (Å²) in [4.78, 5) is 37.9. The molecule has 0 radical (unpaired) electrons. The first-order chi connectivity index (χ1) is 31.5. The van der Waals surface area contributed by atoms with E-state index in [1.54, 1.807) is 0 Å². The van der Waals surface area contributed by atoms with Crippen molar-refractivity contribution in [1.29, 1.82) is 0 Å². The van der Waals surface area contributed by atoms with Crippen LogP contribution in [-0.4, -0.2) is 37.2 Å². The van der Waals surface area contributed by atoms with Crippen molar-refractivity contribution in [2.45, 2.75) is 277 Å². The second kappa shape index (κ2) is 52.7. The molecule has 0 N–H and O–H groups in total. The van der Waals surface area contributed by atoms with Crippen LogP contribution in [0.25, 0.3) is 0 Å². The van der Waals surface area contributed by atoms with E-state index in [0.717, 1.165) is 83.5 Å². The second-order valence-corrected chi connectivity index (χ2v) is 18.1. The number of allylic oxidation sites excluding steroid dienone is 10. The van der Waals surface area contributed by atoms with E-state index in [-0.39, 0.29) is 31.1 Å². The molecule has 0 saturated heterocycles. The van der Waals surface area contributed by atoms with E-state index in [0.29, 0.717) is 25.7 Å². The summed E-state index contributed by atoms with van der Waals surface area (Å²) in [6, 6.07) is 0. The minimum Gasteiger partial charge on any atom is -0.462 e. The van der Waals surface area contributed by atoms with Crippen molar-refractivity contribution in [3.63, 3.8) is 0 Å². The van der Waals surface area contributed by atoms with Crippen LogP contribution in [0.15, 0.2) is 60.8 Å². The highest BCUT2D eigenvalue weighted by atomic mass is 16.6. The summed E-state index contributed by atoms with van der Waals surface area (Å²) in [7, 11) is 0. The minimum absolute atomic E-state index is 0.0882. The first-order valence-electron chi connectivity index (χ1n) is 27.3. The third kappa shape index (κ3) is 50.1. The van der Waals surface area contributed by atoms with E-state index >= 15 is 0 Å². The fourth-order valence-corrected chi connectivity index (χ4v) is 7.67. The molecule has 6 heteroatoms. The van der Waals surface area contributed by atoms with Crippen LogP contribution in [0.3, 0.4) is 0 Å². The molecule has 1 unspecified atom stereocenters. The van der Waals surface area contributed by atoms with Crippen LogP contribution < -0.4 is 0 Å². The highest BCUT2D eigenvalue weighted by Crippen LogP contribution is 2.16. The Morgan fingerprint density at radius 2 is 0.625 bits per heavy atom. The molecule has 370 valence electrons.